The van der Waals surface area contributed by atoms with Crippen molar-refractivity contribution < 1.29 is 4.74 Å². The monoisotopic (exact) mass is 272 g/mol. The molecule has 0 aromatic heterocycles. The number of ether oxygens (including phenoxy) is 1. The lowest BCUT2D eigenvalue weighted by molar-refractivity contribution is 0.356. The smallest absolute Gasteiger partial charge is 0.138 e. The molecule has 94 valence electrons. The van der Waals surface area contributed by atoms with Crippen LogP contribution in [0.5, 0.6) is 5.75 Å². The molecule has 0 amide bonds. The molecule has 0 N–H and O–H groups in total. The highest BCUT2D eigenvalue weighted by Gasteiger charge is 2.17. The largest absolute Gasteiger partial charge is 0.495 e. The lowest BCUT2D eigenvalue weighted by Crippen LogP contribution is -2.09. The lowest BCUT2D eigenvalue weighted by Gasteiger charge is -2.22. The van der Waals surface area contributed by atoms with Gasteiger partial charge in [-0.05, 0) is 24.0 Å². The van der Waals surface area contributed by atoms with E-state index in [0.717, 1.165) is 17.9 Å². The minimum atomic E-state index is 0.544. The molecule has 0 spiro atoms. The molecular formula is C14H18Cl2O. The second-order valence-corrected chi connectivity index (χ2v) is 5.52. The van der Waals surface area contributed by atoms with E-state index in [-0.39, 0.29) is 0 Å². The molecule has 1 aromatic carbocycles. The number of hydrogen-bond donors (Lipinski definition) is 0. The van der Waals surface area contributed by atoms with Crippen molar-refractivity contribution in [1.82, 2.24) is 0 Å². The highest BCUT2D eigenvalue weighted by molar-refractivity contribution is 6.43. The van der Waals surface area contributed by atoms with Gasteiger partial charge in [0.15, 0.2) is 0 Å². The van der Waals surface area contributed by atoms with Gasteiger partial charge in [0.2, 0.25) is 0 Å². The van der Waals surface area contributed by atoms with Gasteiger partial charge in [-0.2, -0.15) is 0 Å². The Kier molecular flexibility index (Phi) is 4.58. The Morgan fingerprint density at radius 1 is 1.12 bits per heavy atom. The van der Waals surface area contributed by atoms with Gasteiger partial charge in [0.05, 0.1) is 12.1 Å². The third-order valence-corrected chi connectivity index (χ3v) is 4.48. The normalized spacial score (nSPS) is 17.1. The van der Waals surface area contributed by atoms with Crippen molar-refractivity contribution in [2.24, 2.45) is 5.92 Å². The molecule has 1 saturated carbocycles. The average molecular weight is 273 g/mol. The quantitative estimate of drug-likeness (QED) is 0.742. The standard InChI is InChI=1S/C14H18Cl2O/c1-17-12-8-7-11(13(15)14(12)16)9-10-5-3-2-4-6-10/h7-8,10H,2-6,9H2,1H3. The maximum Gasteiger partial charge on any atom is 0.138 e. The Hall–Kier alpha value is -0.400. The molecule has 1 aromatic rings. The Morgan fingerprint density at radius 3 is 2.47 bits per heavy atom. The summed E-state index contributed by atoms with van der Waals surface area (Å²) in [5.41, 5.74) is 1.16. The molecule has 1 fully saturated rings. The molecule has 0 atom stereocenters. The molecule has 0 bridgehead atoms. The Morgan fingerprint density at radius 2 is 1.82 bits per heavy atom. The van der Waals surface area contributed by atoms with Gasteiger partial charge in [-0.25, -0.2) is 0 Å². The van der Waals surface area contributed by atoms with Crippen LogP contribution in [-0.4, -0.2) is 7.11 Å². The minimum Gasteiger partial charge on any atom is -0.495 e. The fourth-order valence-electron chi connectivity index (χ4n) is 2.59. The zero-order chi connectivity index (χ0) is 12.3. The molecule has 0 saturated heterocycles. The van der Waals surface area contributed by atoms with Gasteiger partial charge < -0.3 is 4.74 Å². The van der Waals surface area contributed by atoms with Crippen molar-refractivity contribution in [3.8, 4) is 5.75 Å². The molecular weight excluding hydrogens is 255 g/mol. The maximum atomic E-state index is 6.28. The van der Waals surface area contributed by atoms with E-state index in [1.165, 1.54) is 32.1 Å². The summed E-state index contributed by atoms with van der Waals surface area (Å²) in [5, 5.41) is 1.21. The van der Waals surface area contributed by atoms with Gasteiger partial charge in [0.1, 0.15) is 10.8 Å². The number of halogens is 2. The van der Waals surface area contributed by atoms with Crippen molar-refractivity contribution in [3.63, 3.8) is 0 Å². The van der Waals surface area contributed by atoms with Crippen LogP contribution in [-0.2, 0) is 6.42 Å². The Labute approximate surface area is 113 Å². The number of methoxy groups -OCH3 is 1. The van der Waals surface area contributed by atoms with Gasteiger partial charge >= 0.3 is 0 Å². The van der Waals surface area contributed by atoms with E-state index in [4.69, 9.17) is 27.9 Å². The van der Waals surface area contributed by atoms with Crippen LogP contribution in [0.25, 0.3) is 0 Å². The first-order valence-electron chi connectivity index (χ1n) is 6.23. The molecule has 0 unspecified atom stereocenters. The van der Waals surface area contributed by atoms with Crippen LogP contribution in [0.2, 0.25) is 10.0 Å². The maximum absolute atomic E-state index is 6.28. The van der Waals surface area contributed by atoms with E-state index in [9.17, 15) is 0 Å². The van der Waals surface area contributed by atoms with Crippen LogP contribution in [0, 0.1) is 5.92 Å². The summed E-state index contributed by atoms with van der Waals surface area (Å²) in [5.74, 6) is 1.43. The number of benzene rings is 1. The predicted octanol–water partition coefficient (Wildman–Crippen LogP) is 5.12. The van der Waals surface area contributed by atoms with Crippen molar-refractivity contribution in [3.05, 3.63) is 27.7 Å². The van der Waals surface area contributed by atoms with E-state index >= 15 is 0 Å². The van der Waals surface area contributed by atoms with E-state index in [0.29, 0.717) is 15.8 Å². The molecule has 3 heteroatoms. The minimum absolute atomic E-state index is 0.544. The second kappa shape index (κ2) is 5.97. The predicted molar refractivity (Wildman–Crippen MR) is 73.3 cm³/mol. The third kappa shape index (κ3) is 3.08. The van der Waals surface area contributed by atoms with Crippen molar-refractivity contribution >= 4 is 23.2 Å². The Bertz CT molecular complexity index is 384. The molecule has 0 heterocycles. The summed E-state index contributed by atoms with van der Waals surface area (Å²) in [6.45, 7) is 0. The van der Waals surface area contributed by atoms with Crippen molar-refractivity contribution in [1.29, 1.82) is 0 Å². The SMILES string of the molecule is COc1ccc(CC2CCCCC2)c(Cl)c1Cl. The van der Waals surface area contributed by atoms with Crippen LogP contribution in [0.3, 0.4) is 0 Å². The first-order valence-corrected chi connectivity index (χ1v) is 6.99. The fraction of sp³-hybridized carbons (Fsp3) is 0.571. The van der Waals surface area contributed by atoms with Gasteiger partial charge in [0.25, 0.3) is 0 Å². The van der Waals surface area contributed by atoms with Gasteiger partial charge in [-0.3, -0.25) is 0 Å². The van der Waals surface area contributed by atoms with Crippen molar-refractivity contribution in [2.45, 2.75) is 38.5 Å². The fourth-order valence-corrected chi connectivity index (χ4v) is 3.08. The summed E-state index contributed by atoms with van der Waals surface area (Å²) in [6, 6.07) is 3.95. The van der Waals surface area contributed by atoms with E-state index in [2.05, 4.69) is 0 Å². The van der Waals surface area contributed by atoms with Gasteiger partial charge in [0, 0.05) is 0 Å². The van der Waals surface area contributed by atoms with Crippen LogP contribution in [0.4, 0.5) is 0 Å². The van der Waals surface area contributed by atoms with Crippen LogP contribution < -0.4 is 4.74 Å². The summed E-state index contributed by atoms with van der Waals surface area (Å²) in [4.78, 5) is 0. The lowest BCUT2D eigenvalue weighted by atomic mass is 9.85. The van der Waals surface area contributed by atoms with E-state index in [1.807, 2.05) is 12.1 Å². The molecule has 1 nitrogen and oxygen atoms in total. The summed E-state index contributed by atoms with van der Waals surface area (Å²) in [7, 11) is 1.61. The summed E-state index contributed by atoms with van der Waals surface area (Å²) in [6.07, 6.45) is 7.77. The van der Waals surface area contributed by atoms with Crippen molar-refractivity contribution in [2.75, 3.05) is 7.11 Å². The van der Waals surface area contributed by atoms with Crippen LogP contribution in [0.15, 0.2) is 12.1 Å². The first kappa shape index (κ1) is 13.0. The van der Waals surface area contributed by atoms with Crippen LogP contribution >= 0.6 is 23.2 Å². The molecule has 1 aliphatic rings. The molecule has 1 aliphatic carbocycles. The zero-order valence-corrected chi connectivity index (χ0v) is 11.7. The summed E-state index contributed by atoms with van der Waals surface area (Å²) >= 11 is 12.4. The Balaban J connectivity index is 2.12. The molecule has 0 radical (unpaired) electrons. The molecule has 17 heavy (non-hydrogen) atoms. The molecule has 2 rings (SSSR count). The highest BCUT2D eigenvalue weighted by atomic mass is 35.5. The van der Waals surface area contributed by atoms with Gasteiger partial charge in [-0.15, -0.1) is 0 Å². The highest BCUT2D eigenvalue weighted by Crippen LogP contribution is 2.37. The molecule has 0 aliphatic heterocycles. The topological polar surface area (TPSA) is 9.23 Å². The third-order valence-electron chi connectivity index (χ3n) is 3.58. The van der Waals surface area contributed by atoms with Gasteiger partial charge in [-0.1, -0.05) is 61.4 Å². The van der Waals surface area contributed by atoms with Crippen LogP contribution in [0.1, 0.15) is 37.7 Å². The number of rotatable bonds is 3. The van der Waals surface area contributed by atoms with E-state index < -0.39 is 0 Å². The average Bonchev–Trinajstić information content (AvgIpc) is 2.37. The number of hydrogen-bond acceptors (Lipinski definition) is 1. The first-order chi connectivity index (χ1) is 8.22. The van der Waals surface area contributed by atoms with E-state index in [1.54, 1.807) is 7.11 Å². The second-order valence-electron chi connectivity index (χ2n) is 4.76. The summed E-state index contributed by atoms with van der Waals surface area (Å²) < 4.78 is 5.15. The zero-order valence-electron chi connectivity index (χ0n) is 10.1.